The molecule has 0 atom stereocenters. The van der Waals surface area contributed by atoms with E-state index in [2.05, 4.69) is 10.3 Å². The van der Waals surface area contributed by atoms with Gasteiger partial charge in [-0.05, 0) is 36.6 Å². The predicted molar refractivity (Wildman–Crippen MR) is 79.8 cm³/mol. The molecular formula is C17H14F3N3. The molecule has 0 saturated heterocycles. The van der Waals surface area contributed by atoms with E-state index in [1.807, 2.05) is 6.07 Å². The van der Waals surface area contributed by atoms with Gasteiger partial charge in [-0.15, -0.1) is 0 Å². The zero-order chi connectivity index (χ0) is 16.5. The second kappa shape index (κ2) is 5.58. The van der Waals surface area contributed by atoms with Gasteiger partial charge in [-0.25, -0.2) is 4.98 Å². The SMILES string of the molecule is N#Cc1cccnc1NCC1(c2cccc(C(F)(F)F)c2)CC1. The van der Waals surface area contributed by atoms with Crippen LogP contribution in [0.25, 0.3) is 0 Å². The van der Waals surface area contributed by atoms with Gasteiger partial charge in [0.1, 0.15) is 11.9 Å². The second-order valence-electron chi connectivity index (χ2n) is 5.72. The Labute approximate surface area is 131 Å². The van der Waals surface area contributed by atoms with Gasteiger partial charge in [0.05, 0.1) is 11.1 Å². The largest absolute Gasteiger partial charge is 0.416 e. The van der Waals surface area contributed by atoms with Crippen molar-refractivity contribution in [2.24, 2.45) is 0 Å². The van der Waals surface area contributed by atoms with Crippen molar-refractivity contribution in [1.29, 1.82) is 5.26 Å². The molecule has 118 valence electrons. The van der Waals surface area contributed by atoms with Crippen LogP contribution in [0.3, 0.4) is 0 Å². The Morgan fingerprint density at radius 3 is 2.65 bits per heavy atom. The Hall–Kier alpha value is -2.55. The van der Waals surface area contributed by atoms with Gasteiger partial charge >= 0.3 is 6.18 Å². The number of halogens is 3. The van der Waals surface area contributed by atoms with E-state index in [4.69, 9.17) is 5.26 Å². The maximum atomic E-state index is 12.9. The van der Waals surface area contributed by atoms with Crippen LogP contribution < -0.4 is 5.32 Å². The average Bonchev–Trinajstić information content (AvgIpc) is 3.34. The van der Waals surface area contributed by atoms with Gasteiger partial charge in [0.2, 0.25) is 0 Å². The molecule has 1 aromatic heterocycles. The number of pyridine rings is 1. The first kappa shape index (κ1) is 15.3. The van der Waals surface area contributed by atoms with Crippen LogP contribution in [0.1, 0.15) is 29.5 Å². The zero-order valence-electron chi connectivity index (χ0n) is 12.2. The first-order chi connectivity index (χ1) is 10.9. The summed E-state index contributed by atoms with van der Waals surface area (Å²) in [5.74, 6) is 0.466. The van der Waals surface area contributed by atoms with Crippen LogP contribution in [0.4, 0.5) is 19.0 Å². The van der Waals surface area contributed by atoms with E-state index in [0.29, 0.717) is 23.5 Å². The van der Waals surface area contributed by atoms with Crippen molar-refractivity contribution in [2.75, 3.05) is 11.9 Å². The van der Waals surface area contributed by atoms with E-state index >= 15 is 0 Å². The van der Waals surface area contributed by atoms with Gasteiger partial charge in [-0.3, -0.25) is 0 Å². The molecule has 0 bridgehead atoms. The molecule has 0 unspecified atom stereocenters. The van der Waals surface area contributed by atoms with Gasteiger partial charge in [0.25, 0.3) is 0 Å². The van der Waals surface area contributed by atoms with Gasteiger partial charge in [-0.2, -0.15) is 18.4 Å². The summed E-state index contributed by atoms with van der Waals surface area (Å²) in [5.41, 5.74) is 0.157. The van der Waals surface area contributed by atoms with E-state index < -0.39 is 11.7 Å². The summed E-state index contributed by atoms with van der Waals surface area (Å²) in [6.45, 7) is 0.458. The number of aromatic nitrogens is 1. The number of nitriles is 1. The van der Waals surface area contributed by atoms with Crippen LogP contribution in [0.15, 0.2) is 42.6 Å². The maximum absolute atomic E-state index is 12.9. The van der Waals surface area contributed by atoms with Crippen molar-refractivity contribution >= 4 is 5.82 Å². The van der Waals surface area contributed by atoms with E-state index in [-0.39, 0.29) is 5.41 Å². The number of alkyl halides is 3. The summed E-state index contributed by atoms with van der Waals surface area (Å²) in [6.07, 6.45) is -1.13. The quantitative estimate of drug-likeness (QED) is 0.923. The molecule has 1 aromatic carbocycles. The highest BCUT2D eigenvalue weighted by Crippen LogP contribution is 2.49. The number of benzene rings is 1. The molecule has 1 heterocycles. The van der Waals surface area contributed by atoms with Crippen LogP contribution in [-0.4, -0.2) is 11.5 Å². The van der Waals surface area contributed by atoms with Crippen molar-refractivity contribution in [1.82, 2.24) is 4.98 Å². The zero-order valence-corrected chi connectivity index (χ0v) is 12.2. The third-order valence-corrected chi connectivity index (χ3v) is 4.18. The number of nitrogens with zero attached hydrogens (tertiary/aromatic N) is 2. The van der Waals surface area contributed by atoms with E-state index in [9.17, 15) is 13.2 Å². The Kier molecular flexibility index (Phi) is 3.72. The van der Waals surface area contributed by atoms with Crippen LogP contribution in [0.5, 0.6) is 0 Å². The lowest BCUT2D eigenvalue weighted by molar-refractivity contribution is -0.137. The van der Waals surface area contributed by atoms with Crippen molar-refractivity contribution in [3.8, 4) is 6.07 Å². The Balaban J connectivity index is 1.80. The van der Waals surface area contributed by atoms with Crippen molar-refractivity contribution in [2.45, 2.75) is 24.4 Å². The average molecular weight is 317 g/mol. The van der Waals surface area contributed by atoms with Crippen molar-refractivity contribution in [3.63, 3.8) is 0 Å². The highest BCUT2D eigenvalue weighted by Gasteiger charge is 2.45. The fraction of sp³-hybridized carbons (Fsp3) is 0.294. The number of anilines is 1. The third kappa shape index (κ3) is 3.14. The summed E-state index contributed by atoms with van der Waals surface area (Å²) in [5, 5.41) is 12.2. The molecule has 3 nitrogen and oxygen atoms in total. The molecule has 1 fully saturated rings. The molecule has 6 heteroatoms. The van der Waals surface area contributed by atoms with Crippen LogP contribution in [0.2, 0.25) is 0 Å². The summed E-state index contributed by atoms with van der Waals surface area (Å²) in [6, 6.07) is 10.8. The summed E-state index contributed by atoms with van der Waals surface area (Å²) < 4.78 is 38.6. The predicted octanol–water partition coefficient (Wildman–Crippen LogP) is 4.12. The monoisotopic (exact) mass is 317 g/mol. The second-order valence-corrected chi connectivity index (χ2v) is 5.72. The van der Waals surface area contributed by atoms with E-state index in [1.54, 1.807) is 24.4 Å². The molecule has 1 aliphatic rings. The molecule has 0 aliphatic heterocycles. The molecular weight excluding hydrogens is 303 g/mol. The lowest BCUT2D eigenvalue weighted by Crippen LogP contribution is -2.21. The first-order valence-electron chi connectivity index (χ1n) is 7.21. The Morgan fingerprint density at radius 2 is 2.00 bits per heavy atom. The number of hydrogen-bond acceptors (Lipinski definition) is 3. The summed E-state index contributed by atoms with van der Waals surface area (Å²) in [7, 11) is 0. The molecule has 0 amide bonds. The smallest absolute Gasteiger partial charge is 0.368 e. The van der Waals surface area contributed by atoms with Gasteiger partial charge in [0.15, 0.2) is 0 Å². The van der Waals surface area contributed by atoms with Crippen LogP contribution >= 0.6 is 0 Å². The Morgan fingerprint density at radius 1 is 1.22 bits per heavy atom. The first-order valence-corrected chi connectivity index (χ1v) is 7.21. The lowest BCUT2D eigenvalue weighted by atomic mass is 9.94. The lowest BCUT2D eigenvalue weighted by Gasteiger charge is -2.19. The fourth-order valence-corrected chi connectivity index (χ4v) is 2.63. The van der Waals surface area contributed by atoms with E-state index in [0.717, 1.165) is 18.9 Å². The molecule has 1 aliphatic carbocycles. The van der Waals surface area contributed by atoms with Crippen molar-refractivity contribution < 1.29 is 13.2 Å². The molecule has 0 radical (unpaired) electrons. The number of nitrogens with one attached hydrogen (secondary N) is 1. The minimum absolute atomic E-state index is 0.314. The molecule has 2 aromatic rings. The molecule has 1 saturated carbocycles. The van der Waals surface area contributed by atoms with Crippen molar-refractivity contribution in [3.05, 3.63) is 59.3 Å². The van der Waals surface area contributed by atoms with Gasteiger partial charge in [-0.1, -0.05) is 18.2 Å². The highest BCUT2D eigenvalue weighted by atomic mass is 19.4. The molecule has 1 N–H and O–H groups in total. The third-order valence-electron chi connectivity index (χ3n) is 4.18. The van der Waals surface area contributed by atoms with Gasteiger partial charge in [0, 0.05) is 18.2 Å². The normalized spacial score (nSPS) is 15.7. The van der Waals surface area contributed by atoms with Gasteiger partial charge < -0.3 is 5.32 Å². The van der Waals surface area contributed by atoms with E-state index in [1.165, 1.54) is 12.1 Å². The van der Waals surface area contributed by atoms with Crippen LogP contribution in [0, 0.1) is 11.3 Å². The minimum Gasteiger partial charge on any atom is -0.368 e. The highest BCUT2D eigenvalue weighted by molar-refractivity contribution is 5.52. The summed E-state index contributed by atoms with van der Waals surface area (Å²) in [4.78, 5) is 4.12. The molecule has 0 spiro atoms. The standard InChI is InChI=1S/C17H14F3N3/c18-17(19,20)14-5-1-4-13(9-14)16(6-7-16)11-23-15-12(10-21)3-2-8-22-15/h1-5,8-9H,6-7,11H2,(H,22,23). The fourth-order valence-electron chi connectivity index (χ4n) is 2.63. The minimum atomic E-state index is -4.34. The summed E-state index contributed by atoms with van der Waals surface area (Å²) >= 11 is 0. The maximum Gasteiger partial charge on any atom is 0.416 e. The molecule has 3 rings (SSSR count). The van der Waals surface area contributed by atoms with Crippen LogP contribution in [-0.2, 0) is 11.6 Å². The Bertz CT molecular complexity index is 758. The number of rotatable bonds is 4. The number of hydrogen-bond donors (Lipinski definition) is 1. The molecule has 23 heavy (non-hydrogen) atoms. The topological polar surface area (TPSA) is 48.7 Å².